The average Bonchev–Trinajstić information content (AvgIpc) is 2.37. The van der Waals surface area contributed by atoms with Gasteiger partial charge in [-0.1, -0.05) is 11.6 Å². The molecule has 0 aliphatic heterocycles. The lowest BCUT2D eigenvalue weighted by atomic mass is 10.2. The fourth-order valence-corrected chi connectivity index (χ4v) is 2.85. The third-order valence-corrected chi connectivity index (χ3v) is 3.65. The van der Waals surface area contributed by atoms with Crippen LogP contribution in [0.5, 0.6) is 5.75 Å². The average molecular weight is 392 g/mol. The highest BCUT2D eigenvalue weighted by molar-refractivity contribution is 14.1. The minimum absolute atomic E-state index is 0.0928. The molecule has 100 valence electrons. The number of nitrogens with zero attached hydrogens (tertiary/aromatic N) is 1. The molecule has 0 bridgehead atoms. The fraction of sp³-hybridized carbons (Fsp3) is 0.231. The van der Waals surface area contributed by atoms with Crippen molar-refractivity contribution < 1.29 is 14.6 Å². The van der Waals surface area contributed by atoms with Gasteiger partial charge in [0.15, 0.2) is 5.75 Å². The molecular weight excluding hydrogens is 381 g/mol. The highest BCUT2D eigenvalue weighted by Crippen LogP contribution is 2.34. The number of carbonyl (C=O) groups is 1. The van der Waals surface area contributed by atoms with E-state index in [4.69, 9.17) is 21.4 Å². The zero-order valence-corrected chi connectivity index (χ0v) is 12.8. The molecule has 0 spiro atoms. The molecule has 0 amide bonds. The van der Waals surface area contributed by atoms with Gasteiger partial charge in [0.25, 0.3) is 0 Å². The van der Waals surface area contributed by atoms with Crippen molar-refractivity contribution in [2.24, 2.45) is 0 Å². The number of carboxylic acid groups (broad SMARTS) is 1. The van der Waals surface area contributed by atoms with E-state index in [1.165, 1.54) is 0 Å². The second-order valence-corrected chi connectivity index (χ2v) is 5.48. The first-order valence-corrected chi connectivity index (χ1v) is 7.12. The Morgan fingerprint density at radius 3 is 3.05 bits per heavy atom. The Kier molecular flexibility index (Phi) is 4.81. The molecule has 2 aromatic rings. The molecule has 0 saturated carbocycles. The Balaban J connectivity index is 2.24. The molecule has 6 heteroatoms. The Labute approximate surface area is 128 Å². The number of aliphatic carboxylic acids is 1. The smallest absolute Gasteiger partial charge is 0.303 e. The van der Waals surface area contributed by atoms with Crippen molar-refractivity contribution in [3.05, 3.63) is 33.0 Å². The van der Waals surface area contributed by atoms with Crippen LogP contribution >= 0.6 is 34.2 Å². The van der Waals surface area contributed by atoms with Gasteiger partial charge in [-0.2, -0.15) is 0 Å². The summed E-state index contributed by atoms with van der Waals surface area (Å²) in [5.41, 5.74) is 0.703. The highest BCUT2D eigenvalue weighted by atomic mass is 127. The Morgan fingerprint density at radius 2 is 2.32 bits per heavy atom. The number of aromatic nitrogens is 1. The zero-order valence-electron chi connectivity index (χ0n) is 9.90. The molecule has 2 rings (SSSR count). The monoisotopic (exact) mass is 391 g/mol. The standard InChI is InChI=1S/C13H11ClINO3/c14-9-7-10(15)13(19-6-2-4-11(17)18)12-8(9)3-1-5-16-12/h1,3,5,7H,2,4,6H2,(H,17,18). The van der Waals surface area contributed by atoms with Crippen LogP contribution in [0, 0.1) is 3.57 Å². The van der Waals surface area contributed by atoms with Crippen LogP contribution in [0.15, 0.2) is 24.4 Å². The van der Waals surface area contributed by atoms with Gasteiger partial charge >= 0.3 is 5.97 Å². The van der Waals surface area contributed by atoms with E-state index in [1.54, 1.807) is 6.20 Å². The molecule has 1 aromatic heterocycles. The lowest BCUT2D eigenvalue weighted by Crippen LogP contribution is -2.04. The molecule has 0 fully saturated rings. The third-order valence-electron chi connectivity index (χ3n) is 2.53. The second-order valence-electron chi connectivity index (χ2n) is 3.91. The zero-order chi connectivity index (χ0) is 13.8. The summed E-state index contributed by atoms with van der Waals surface area (Å²) >= 11 is 8.29. The van der Waals surface area contributed by atoms with Crippen LogP contribution in [0.3, 0.4) is 0 Å². The molecule has 1 aromatic carbocycles. The number of hydrogen-bond donors (Lipinski definition) is 1. The Morgan fingerprint density at radius 1 is 1.53 bits per heavy atom. The molecule has 19 heavy (non-hydrogen) atoms. The topological polar surface area (TPSA) is 59.4 Å². The van der Waals surface area contributed by atoms with Crippen LogP contribution in [0.4, 0.5) is 0 Å². The molecule has 0 atom stereocenters. The summed E-state index contributed by atoms with van der Waals surface area (Å²) in [6.07, 6.45) is 2.23. The highest BCUT2D eigenvalue weighted by Gasteiger charge is 2.12. The van der Waals surface area contributed by atoms with Crippen LogP contribution in [0.2, 0.25) is 5.02 Å². The molecule has 0 unspecified atom stereocenters. The van der Waals surface area contributed by atoms with Crippen LogP contribution in [0.25, 0.3) is 10.9 Å². The number of carboxylic acids is 1. The van der Waals surface area contributed by atoms with E-state index in [1.807, 2.05) is 18.2 Å². The summed E-state index contributed by atoms with van der Waals surface area (Å²) in [5, 5.41) is 10.0. The van der Waals surface area contributed by atoms with Crippen LogP contribution in [-0.4, -0.2) is 22.7 Å². The van der Waals surface area contributed by atoms with Crippen molar-refractivity contribution in [3.63, 3.8) is 0 Å². The third kappa shape index (κ3) is 3.48. The largest absolute Gasteiger partial charge is 0.490 e. The van der Waals surface area contributed by atoms with E-state index in [0.717, 1.165) is 8.96 Å². The van der Waals surface area contributed by atoms with E-state index < -0.39 is 5.97 Å². The maximum atomic E-state index is 10.4. The van der Waals surface area contributed by atoms with Gasteiger partial charge in [-0.15, -0.1) is 0 Å². The van der Waals surface area contributed by atoms with Gasteiger partial charge in [0.05, 0.1) is 15.2 Å². The first-order valence-electron chi connectivity index (χ1n) is 5.67. The molecule has 0 radical (unpaired) electrons. The summed E-state index contributed by atoms with van der Waals surface area (Å²) in [6, 6.07) is 5.51. The number of halogens is 2. The van der Waals surface area contributed by atoms with Gasteiger partial charge < -0.3 is 9.84 Å². The maximum absolute atomic E-state index is 10.4. The van der Waals surface area contributed by atoms with E-state index in [0.29, 0.717) is 29.3 Å². The summed E-state index contributed by atoms with van der Waals surface area (Å²) in [6.45, 7) is 0.343. The van der Waals surface area contributed by atoms with E-state index in [2.05, 4.69) is 27.6 Å². The molecular formula is C13H11ClINO3. The number of hydrogen-bond acceptors (Lipinski definition) is 3. The van der Waals surface area contributed by atoms with Gasteiger partial charge in [0.2, 0.25) is 0 Å². The minimum atomic E-state index is -0.822. The molecule has 0 aliphatic carbocycles. The van der Waals surface area contributed by atoms with E-state index >= 15 is 0 Å². The van der Waals surface area contributed by atoms with Crippen molar-refractivity contribution >= 4 is 51.1 Å². The lowest BCUT2D eigenvalue weighted by Gasteiger charge is -2.11. The van der Waals surface area contributed by atoms with Gasteiger partial charge in [0, 0.05) is 18.0 Å². The number of ether oxygens (including phenoxy) is 1. The molecule has 0 saturated heterocycles. The predicted octanol–water partition coefficient (Wildman–Crippen LogP) is 3.74. The van der Waals surface area contributed by atoms with E-state index in [9.17, 15) is 4.79 Å². The molecule has 0 aliphatic rings. The van der Waals surface area contributed by atoms with Crippen molar-refractivity contribution in [3.8, 4) is 5.75 Å². The number of fused-ring (bicyclic) bond motifs is 1. The van der Waals surface area contributed by atoms with Crippen LogP contribution < -0.4 is 4.74 Å². The molecule has 4 nitrogen and oxygen atoms in total. The van der Waals surface area contributed by atoms with Gasteiger partial charge in [-0.3, -0.25) is 9.78 Å². The SMILES string of the molecule is O=C(O)CCCOc1c(I)cc(Cl)c2cccnc12. The number of benzene rings is 1. The summed E-state index contributed by atoms with van der Waals surface area (Å²) in [4.78, 5) is 14.7. The second kappa shape index (κ2) is 6.38. The minimum Gasteiger partial charge on any atom is -0.490 e. The predicted molar refractivity (Wildman–Crippen MR) is 81.8 cm³/mol. The quantitative estimate of drug-likeness (QED) is 0.623. The summed E-state index contributed by atoms with van der Waals surface area (Å²) in [5.74, 6) is -0.164. The lowest BCUT2D eigenvalue weighted by molar-refractivity contribution is -0.137. The van der Waals surface area contributed by atoms with Crippen molar-refractivity contribution in [2.75, 3.05) is 6.61 Å². The Bertz CT molecular complexity index is 618. The number of rotatable bonds is 5. The number of pyridine rings is 1. The van der Waals surface area contributed by atoms with Crippen LogP contribution in [0.1, 0.15) is 12.8 Å². The van der Waals surface area contributed by atoms with Crippen molar-refractivity contribution in [1.29, 1.82) is 0 Å². The summed E-state index contributed by atoms with van der Waals surface area (Å²) < 4.78 is 6.53. The Hall–Kier alpha value is -1.08. The maximum Gasteiger partial charge on any atom is 0.303 e. The normalized spacial score (nSPS) is 10.6. The van der Waals surface area contributed by atoms with Crippen molar-refractivity contribution in [2.45, 2.75) is 12.8 Å². The fourth-order valence-electron chi connectivity index (χ4n) is 1.68. The summed E-state index contributed by atoms with van der Waals surface area (Å²) in [7, 11) is 0. The first-order chi connectivity index (χ1) is 9.09. The van der Waals surface area contributed by atoms with Gasteiger partial charge in [-0.05, 0) is 47.2 Å². The van der Waals surface area contributed by atoms with Gasteiger partial charge in [0.1, 0.15) is 5.52 Å². The molecule has 1 heterocycles. The van der Waals surface area contributed by atoms with Crippen LogP contribution in [-0.2, 0) is 4.79 Å². The first kappa shape index (κ1) is 14.3. The van der Waals surface area contributed by atoms with E-state index in [-0.39, 0.29) is 6.42 Å². The van der Waals surface area contributed by atoms with Gasteiger partial charge in [-0.25, -0.2) is 0 Å². The molecule has 1 N–H and O–H groups in total. The van der Waals surface area contributed by atoms with Crippen molar-refractivity contribution in [1.82, 2.24) is 4.98 Å².